The van der Waals surface area contributed by atoms with Gasteiger partial charge >= 0.3 is 51.4 Å². The van der Waals surface area contributed by atoms with Gasteiger partial charge in [-0.2, -0.15) is 0 Å². The molecule has 0 radical (unpaired) electrons. The SMILES string of the molecule is CCSC(=O)N(CC(C)C)CC(C)C.[H-].[K+]. The van der Waals surface area contributed by atoms with Crippen LogP contribution in [0.25, 0.3) is 0 Å². The number of hydrogen-bond donors (Lipinski definition) is 0. The first-order chi connectivity index (χ1) is 6.47. The van der Waals surface area contributed by atoms with E-state index in [1.54, 1.807) is 0 Å². The van der Waals surface area contributed by atoms with Crippen molar-refractivity contribution in [2.45, 2.75) is 34.6 Å². The first-order valence-corrected chi connectivity index (χ1v) is 6.37. The number of thioether (sulfide) groups is 1. The van der Waals surface area contributed by atoms with Gasteiger partial charge < -0.3 is 6.33 Å². The third-order valence-corrected chi connectivity index (χ3v) is 2.49. The van der Waals surface area contributed by atoms with E-state index in [-0.39, 0.29) is 58.1 Å². The molecule has 0 aliphatic heterocycles. The normalized spacial score (nSPS) is 10.3. The summed E-state index contributed by atoms with van der Waals surface area (Å²) in [6, 6.07) is 0. The Bertz CT molecular complexity index is 169. The number of nitrogens with zero attached hydrogens (tertiary/aromatic N) is 1. The molecule has 15 heavy (non-hydrogen) atoms. The maximum absolute atomic E-state index is 11.7. The van der Waals surface area contributed by atoms with E-state index in [2.05, 4.69) is 27.7 Å². The van der Waals surface area contributed by atoms with E-state index in [9.17, 15) is 4.79 Å². The van der Waals surface area contributed by atoms with E-state index in [4.69, 9.17) is 0 Å². The molecule has 1 amide bonds. The average Bonchev–Trinajstić information content (AvgIpc) is 2.01. The quantitative estimate of drug-likeness (QED) is 0.672. The van der Waals surface area contributed by atoms with Gasteiger partial charge in [0.05, 0.1) is 0 Å². The minimum Gasteiger partial charge on any atom is -1.00 e. The summed E-state index contributed by atoms with van der Waals surface area (Å²) < 4.78 is 0. The van der Waals surface area contributed by atoms with Crippen molar-refractivity contribution in [3.8, 4) is 0 Å². The molecule has 0 aliphatic carbocycles. The third-order valence-electron chi connectivity index (χ3n) is 1.70. The molecule has 0 spiro atoms. The van der Waals surface area contributed by atoms with Gasteiger partial charge in [-0.25, -0.2) is 0 Å². The van der Waals surface area contributed by atoms with Crippen molar-refractivity contribution in [3.63, 3.8) is 0 Å². The van der Waals surface area contributed by atoms with E-state index in [1.807, 2.05) is 11.8 Å². The predicted molar refractivity (Wildman–Crippen MR) is 65.9 cm³/mol. The van der Waals surface area contributed by atoms with Crippen LogP contribution < -0.4 is 51.4 Å². The number of amides is 1. The summed E-state index contributed by atoms with van der Waals surface area (Å²) in [5, 5.41) is 0.231. The van der Waals surface area contributed by atoms with Gasteiger partial charge in [0, 0.05) is 13.1 Å². The summed E-state index contributed by atoms with van der Waals surface area (Å²) in [4.78, 5) is 13.7. The van der Waals surface area contributed by atoms with Crippen molar-refractivity contribution in [3.05, 3.63) is 0 Å². The molecule has 0 fully saturated rings. The first kappa shape index (κ1) is 18.8. The maximum atomic E-state index is 11.7. The van der Waals surface area contributed by atoms with Crippen LogP contribution in [0.15, 0.2) is 0 Å². The zero-order chi connectivity index (χ0) is 11.1. The van der Waals surface area contributed by atoms with E-state index < -0.39 is 0 Å². The summed E-state index contributed by atoms with van der Waals surface area (Å²) in [5.74, 6) is 1.97. The largest absolute Gasteiger partial charge is 1.00 e. The van der Waals surface area contributed by atoms with Gasteiger partial charge in [-0.1, -0.05) is 46.4 Å². The van der Waals surface area contributed by atoms with Crippen LogP contribution in [0, 0.1) is 11.8 Å². The van der Waals surface area contributed by atoms with Crippen LogP contribution in [0.5, 0.6) is 0 Å². The summed E-state index contributed by atoms with van der Waals surface area (Å²) in [5.41, 5.74) is 0. The molecule has 0 N–H and O–H groups in total. The summed E-state index contributed by atoms with van der Waals surface area (Å²) in [6.45, 7) is 12.4. The fraction of sp³-hybridized carbons (Fsp3) is 0.909. The second-order valence-corrected chi connectivity index (χ2v) is 5.61. The molecule has 0 heterocycles. The van der Waals surface area contributed by atoms with E-state index in [0.717, 1.165) is 18.8 Å². The molecule has 0 aromatic heterocycles. The molecule has 0 bridgehead atoms. The number of rotatable bonds is 5. The van der Waals surface area contributed by atoms with Gasteiger partial charge in [0.15, 0.2) is 0 Å². The van der Waals surface area contributed by atoms with E-state index >= 15 is 0 Å². The Kier molecular flexibility index (Phi) is 13.3. The molecule has 0 saturated carbocycles. The Morgan fingerprint density at radius 3 is 1.87 bits per heavy atom. The molecule has 0 rings (SSSR count). The topological polar surface area (TPSA) is 20.3 Å². The van der Waals surface area contributed by atoms with E-state index in [0.29, 0.717) is 11.8 Å². The van der Waals surface area contributed by atoms with Gasteiger partial charge in [-0.3, -0.25) is 4.79 Å². The Morgan fingerprint density at radius 2 is 1.60 bits per heavy atom. The first-order valence-electron chi connectivity index (χ1n) is 5.39. The van der Waals surface area contributed by atoms with Crippen LogP contribution in [0.2, 0.25) is 0 Å². The molecule has 86 valence electrons. The monoisotopic (exact) mass is 257 g/mol. The number of carbonyl (C=O) groups is 1. The molecule has 0 aromatic carbocycles. The number of hydrogen-bond acceptors (Lipinski definition) is 2. The molecular weight excluding hydrogens is 233 g/mol. The Hall–Kier alpha value is 1.46. The smallest absolute Gasteiger partial charge is 1.00 e. The van der Waals surface area contributed by atoms with Crippen LogP contribution >= 0.6 is 11.8 Å². The molecule has 0 atom stereocenters. The zero-order valence-electron chi connectivity index (χ0n) is 12.0. The second-order valence-electron chi connectivity index (χ2n) is 4.39. The van der Waals surface area contributed by atoms with E-state index in [1.165, 1.54) is 11.8 Å². The third kappa shape index (κ3) is 10.3. The van der Waals surface area contributed by atoms with Crippen LogP contribution in [-0.4, -0.2) is 29.0 Å². The molecule has 2 nitrogen and oxygen atoms in total. The fourth-order valence-electron chi connectivity index (χ4n) is 1.32. The summed E-state index contributed by atoms with van der Waals surface area (Å²) in [7, 11) is 0. The Morgan fingerprint density at radius 1 is 1.20 bits per heavy atom. The van der Waals surface area contributed by atoms with Gasteiger partial charge in [-0.05, 0) is 17.6 Å². The van der Waals surface area contributed by atoms with Gasteiger partial charge in [0.1, 0.15) is 0 Å². The van der Waals surface area contributed by atoms with Crippen LogP contribution in [0.4, 0.5) is 4.79 Å². The Balaban J connectivity index is -0.000000845. The van der Waals surface area contributed by atoms with Crippen molar-refractivity contribution >= 4 is 17.0 Å². The average molecular weight is 257 g/mol. The predicted octanol–water partition coefficient (Wildman–Crippen LogP) is 0.590. The standard InChI is InChI=1S/C11H23NOS.K.H/c1-6-14-11(13)12(7-9(2)3)8-10(4)5;;/h9-10H,6-8H2,1-5H3;;/q;+1;-1. The molecule has 0 aromatic rings. The van der Waals surface area contributed by atoms with Crippen LogP contribution in [0.3, 0.4) is 0 Å². The molecule has 0 unspecified atom stereocenters. The van der Waals surface area contributed by atoms with Crippen LogP contribution in [-0.2, 0) is 0 Å². The Labute approximate surface area is 143 Å². The van der Waals surface area contributed by atoms with Gasteiger partial charge in [0.25, 0.3) is 5.24 Å². The van der Waals surface area contributed by atoms with Crippen LogP contribution in [0.1, 0.15) is 36.0 Å². The molecular formula is C11H24KNOS. The minimum absolute atomic E-state index is 0. The fourth-order valence-corrected chi connectivity index (χ4v) is 1.90. The molecule has 4 heteroatoms. The maximum Gasteiger partial charge on any atom is 1.00 e. The summed E-state index contributed by atoms with van der Waals surface area (Å²) >= 11 is 1.41. The van der Waals surface area contributed by atoms with Crippen molar-refractivity contribution in [1.82, 2.24) is 4.90 Å². The molecule has 0 aliphatic rings. The van der Waals surface area contributed by atoms with Gasteiger partial charge in [-0.15, -0.1) is 0 Å². The number of carbonyl (C=O) groups excluding carboxylic acids is 1. The second kappa shape index (κ2) is 10.6. The minimum atomic E-state index is 0. The zero-order valence-corrected chi connectivity index (χ0v) is 15.0. The molecule has 0 saturated heterocycles. The van der Waals surface area contributed by atoms with Crippen molar-refractivity contribution < 1.29 is 57.6 Å². The van der Waals surface area contributed by atoms with Crippen molar-refractivity contribution in [2.24, 2.45) is 11.8 Å². The van der Waals surface area contributed by atoms with Gasteiger partial charge in [0.2, 0.25) is 0 Å². The van der Waals surface area contributed by atoms with Crippen molar-refractivity contribution in [1.29, 1.82) is 0 Å². The van der Waals surface area contributed by atoms with Crippen molar-refractivity contribution in [2.75, 3.05) is 18.8 Å². The summed E-state index contributed by atoms with van der Waals surface area (Å²) in [6.07, 6.45) is 0.